The van der Waals surface area contributed by atoms with Crippen LogP contribution in [0, 0.1) is 0 Å². The number of rotatable bonds is 5. The quantitative estimate of drug-likeness (QED) is 0.846. The zero-order valence-electron chi connectivity index (χ0n) is 9.96. The molecule has 0 bridgehead atoms. The molecule has 2 aromatic rings. The van der Waals surface area contributed by atoms with E-state index in [1.165, 1.54) is 0 Å². The summed E-state index contributed by atoms with van der Waals surface area (Å²) in [6, 6.07) is 10.1. The smallest absolute Gasteiger partial charge is 0.357 e. The summed E-state index contributed by atoms with van der Waals surface area (Å²) in [5.41, 5.74) is 1.08. The average Bonchev–Trinajstić information content (AvgIpc) is 2.86. The zero-order chi connectivity index (χ0) is 13.0. The fourth-order valence-electron chi connectivity index (χ4n) is 1.59. The highest BCUT2D eigenvalue weighted by atomic mass is 16.4. The van der Waals surface area contributed by atoms with Crippen molar-refractivity contribution >= 4 is 5.97 Å². The number of aromatic carboxylic acids is 1. The minimum Gasteiger partial charge on any atom is -0.476 e. The Labute approximate surface area is 104 Å². The number of nitrogens with one attached hydrogen (secondary N) is 1. The van der Waals surface area contributed by atoms with Crippen LogP contribution in [0.5, 0.6) is 0 Å². The molecule has 0 saturated carbocycles. The fourth-order valence-corrected chi connectivity index (χ4v) is 1.59. The predicted molar refractivity (Wildman–Crippen MR) is 65.2 cm³/mol. The van der Waals surface area contributed by atoms with Gasteiger partial charge in [-0.3, -0.25) is 0 Å². The maximum Gasteiger partial charge on any atom is 0.357 e. The molecular formula is C13H14N2O3. The first-order chi connectivity index (χ1) is 8.66. The SMILES string of the molecule is CC(NCc1nc(C(=O)O)co1)c1ccccc1. The Balaban J connectivity index is 1.93. The first-order valence-corrected chi connectivity index (χ1v) is 5.63. The molecule has 94 valence electrons. The van der Waals surface area contributed by atoms with Crippen LogP contribution in [0.4, 0.5) is 0 Å². The summed E-state index contributed by atoms with van der Waals surface area (Å²) in [4.78, 5) is 14.5. The second kappa shape index (κ2) is 5.46. The summed E-state index contributed by atoms with van der Waals surface area (Å²) in [6.45, 7) is 2.42. The van der Waals surface area contributed by atoms with Crippen LogP contribution in [0.15, 0.2) is 41.0 Å². The van der Waals surface area contributed by atoms with Crippen LogP contribution >= 0.6 is 0 Å². The molecule has 0 aliphatic heterocycles. The van der Waals surface area contributed by atoms with Gasteiger partial charge in [-0.1, -0.05) is 30.3 Å². The molecule has 0 aliphatic rings. The van der Waals surface area contributed by atoms with Gasteiger partial charge in [-0.2, -0.15) is 0 Å². The summed E-state index contributed by atoms with van der Waals surface area (Å²) in [6.07, 6.45) is 1.15. The molecule has 1 aromatic carbocycles. The van der Waals surface area contributed by atoms with Gasteiger partial charge < -0.3 is 14.8 Å². The Morgan fingerprint density at radius 1 is 1.44 bits per heavy atom. The number of hydrogen-bond donors (Lipinski definition) is 2. The number of carboxylic acids is 1. The van der Waals surface area contributed by atoms with Gasteiger partial charge in [0.05, 0.1) is 6.54 Å². The lowest BCUT2D eigenvalue weighted by Gasteiger charge is -2.12. The van der Waals surface area contributed by atoms with Gasteiger partial charge in [0.2, 0.25) is 5.89 Å². The van der Waals surface area contributed by atoms with E-state index in [0.29, 0.717) is 12.4 Å². The molecule has 2 rings (SSSR count). The highest BCUT2D eigenvalue weighted by Gasteiger charge is 2.11. The fraction of sp³-hybridized carbons (Fsp3) is 0.231. The molecule has 1 aromatic heterocycles. The summed E-state index contributed by atoms with van der Waals surface area (Å²) < 4.78 is 5.06. The Morgan fingerprint density at radius 2 is 2.17 bits per heavy atom. The maximum absolute atomic E-state index is 10.6. The summed E-state index contributed by atoms with van der Waals surface area (Å²) in [5, 5.41) is 11.9. The van der Waals surface area contributed by atoms with Crippen molar-refractivity contribution in [3.8, 4) is 0 Å². The van der Waals surface area contributed by atoms with E-state index in [1.807, 2.05) is 37.3 Å². The topological polar surface area (TPSA) is 75.4 Å². The van der Waals surface area contributed by atoms with Crippen molar-refractivity contribution in [3.63, 3.8) is 0 Å². The third-order valence-corrected chi connectivity index (χ3v) is 2.63. The third kappa shape index (κ3) is 2.95. The second-order valence-corrected chi connectivity index (χ2v) is 3.94. The predicted octanol–water partition coefficient (Wildman–Crippen LogP) is 2.22. The molecule has 0 spiro atoms. The van der Waals surface area contributed by atoms with Gasteiger partial charge >= 0.3 is 5.97 Å². The highest BCUT2D eigenvalue weighted by molar-refractivity contribution is 5.84. The lowest BCUT2D eigenvalue weighted by atomic mass is 10.1. The van der Waals surface area contributed by atoms with Crippen LogP contribution < -0.4 is 5.32 Å². The highest BCUT2D eigenvalue weighted by Crippen LogP contribution is 2.12. The van der Waals surface area contributed by atoms with Gasteiger partial charge in [-0.15, -0.1) is 0 Å². The standard InChI is InChI=1S/C13H14N2O3/c1-9(10-5-3-2-4-6-10)14-7-12-15-11(8-18-12)13(16)17/h2-6,8-9,14H,7H2,1H3,(H,16,17). The van der Waals surface area contributed by atoms with Crippen molar-refractivity contribution in [2.75, 3.05) is 0 Å². The molecule has 5 nitrogen and oxygen atoms in total. The van der Waals surface area contributed by atoms with Gasteiger partial charge in [0.25, 0.3) is 0 Å². The van der Waals surface area contributed by atoms with Gasteiger partial charge in [0.15, 0.2) is 5.69 Å². The van der Waals surface area contributed by atoms with Gasteiger partial charge in [-0.05, 0) is 12.5 Å². The molecule has 1 heterocycles. The normalized spacial score (nSPS) is 12.3. The Morgan fingerprint density at radius 3 is 2.78 bits per heavy atom. The molecule has 0 saturated heterocycles. The molecule has 18 heavy (non-hydrogen) atoms. The van der Waals surface area contributed by atoms with Crippen molar-refractivity contribution in [2.24, 2.45) is 0 Å². The van der Waals surface area contributed by atoms with Gasteiger partial charge in [0.1, 0.15) is 6.26 Å². The van der Waals surface area contributed by atoms with Crippen LogP contribution in [-0.2, 0) is 6.54 Å². The van der Waals surface area contributed by atoms with Crippen LogP contribution in [0.25, 0.3) is 0 Å². The van der Waals surface area contributed by atoms with Crippen molar-refractivity contribution in [2.45, 2.75) is 19.5 Å². The number of nitrogens with zero attached hydrogens (tertiary/aromatic N) is 1. The van der Waals surface area contributed by atoms with E-state index in [9.17, 15) is 4.79 Å². The van der Waals surface area contributed by atoms with Crippen LogP contribution in [-0.4, -0.2) is 16.1 Å². The molecule has 2 N–H and O–H groups in total. The van der Waals surface area contributed by atoms with E-state index in [4.69, 9.17) is 9.52 Å². The lowest BCUT2D eigenvalue weighted by molar-refractivity contribution is 0.0690. The molecule has 0 fully saturated rings. The first kappa shape index (κ1) is 12.3. The van der Waals surface area contributed by atoms with Gasteiger partial charge in [-0.25, -0.2) is 9.78 Å². The molecule has 5 heteroatoms. The van der Waals surface area contributed by atoms with E-state index in [0.717, 1.165) is 11.8 Å². The Hall–Kier alpha value is -2.14. The summed E-state index contributed by atoms with van der Waals surface area (Å²) in [5.74, 6) is -0.712. The molecule has 0 aliphatic carbocycles. The monoisotopic (exact) mass is 246 g/mol. The van der Waals surface area contributed by atoms with E-state index in [-0.39, 0.29) is 11.7 Å². The summed E-state index contributed by atoms with van der Waals surface area (Å²) >= 11 is 0. The molecule has 0 amide bonds. The third-order valence-electron chi connectivity index (χ3n) is 2.63. The molecular weight excluding hydrogens is 232 g/mol. The van der Waals surface area contributed by atoms with Crippen molar-refractivity contribution < 1.29 is 14.3 Å². The van der Waals surface area contributed by atoms with E-state index in [2.05, 4.69) is 10.3 Å². The zero-order valence-corrected chi connectivity index (χ0v) is 9.96. The second-order valence-electron chi connectivity index (χ2n) is 3.94. The van der Waals surface area contributed by atoms with Crippen molar-refractivity contribution in [1.29, 1.82) is 0 Å². The van der Waals surface area contributed by atoms with Crippen LogP contribution in [0.1, 0.15) is 34.9 Å². The minimum absolute atomic E-state index is 0.0702. The minimum atomic E-state index is -1.08. The number of aromatic nitrogens is 1. The number of oxazole rings is 1. The number of carbonyl (C=O) groups is 1. The van der Waals surface area contributed by atoms with E-state index < -0.39 is 5.97 Å². The number of benzene rings is 1. The number of hydrogen-bond acceptors (Lipinski definition) is 4. The van der Waals surface area contributed by atoms with E-state index in [1.54, 1.807) is 0 Å². The molecule has 0 radical (unpaired) electrons. The maximum atomic E-state index is 10.6. The lowest BCUT2D eigenvalue weighted by Crippen LogP contribution is -2.18. The Kier molecular flexibility index (Phi) is 3.74. The van der Waals surface area contributed by atoms with E-state index >= 15 is 0 Å². The van der Waals surface area contributed by atoms with Crippen LogP contribution in [0.3, 0.4) is 0 Å². The molecule has 1 atom stereocenters. The van der Waals surface area contributed by atoms with Crippen LogP contribution in [0.2, 0.25) is 0 Å². The largest absolute Gasteiger partial charge is 0.476 e. The Bertz CT molecular complexity index is 522. The van der Waals surface area contributed by atoms with Crippen molar-refractivity contribution in [3.05, 3.63) is 53.7 Å². The average molecular weight is 246 g/mol. The van der Waals surface area contributed by atoms with Gasteiger partial charge in [0, 0.05) is 6.04 Å². The first-order valence-electron chi connectivity index (χ1n) is 5.63. The molecule has 1 unspecified atom stereocenters. The number of carboxylic acid groups (broad SMARTS) is 1. The van der Waals surface area contributed by atoms with Crippen molar-refractivity contribution in [1.82, 2.24) is 10.3 Å². The summed E-state index contributed by atoms with van der Waals surface area (Å²) in [7, 11) is 0.